The van der Waals surface area contributed by atoms with Gasteiger partial charge < -0.3 is 14.5 Å². The van der Waals surface area contributed by atoms with E-state index in [1.165, 1.54) is 0 Å². The van der Waals surface area contributed by atoms with E-state index in [4.69, 9.17) is 9.94 Å². The Bertz CT molecular complexity index is 580. The van der Waals surface area contributed by atoms with E-state index in [-0.39, 0.29) is 11.3 Å². The minimum absolute atomic E-state index is 0.0804. The van der Waals surface area contributed by atoms with Crippen molar-refractivity contribution in [3.05, 3.63) is 29.8 Å². The largest absolute Gasteiger partial charge is 0.748 e. The molecule has 0 radical (unpaired) electrons. The molecule has 0 aliphatic rings. The van der Waals surface area contributed by atoms with Gasteiger partial charge in [-0.05, 0) is 24.3 Å². The van der Waals surface area contributed by atoms with E-state index in [1.54, 1.807) is 0 Å². The number of halogens is 3. The number of hydrogen-bond acceptors (Lipinski definition) is 6. The molecular weight excluding hydrogens is 303 g/mol. The normalized spacial score (nSPS) is 13.3. The molecule has 0 aromatic heterocycles. The first-order valence-corrected chi connectivity index (χ1v) is 6.67. The van der Waals surface area contributed by atoms with Crippen molar-refractivity contribution < 1.29 is 36.1 Å². The van der Waals surface area contributed by atoms with Crippen molar-refractivity contribution in [1.82, 2.24) is 0 Å². The van der Waals surface area contributed by atoms with Gasteiger partial charge in [0.05, 0.1) is 15.9 Å². The van der Waals surface area contributed by atoms with Gasteiger partial charge in [0.25, 0.3) is 0 Å². The molecule has 1 aromatic carbocycles. The topological polar surface area (TPSA) is 99.0 Å². The molecule has 0 amide bonds. The molecule has 1 aromatic rings. The molecule has 0 aliphatic carbocycles. The maximum atomic E-state index is 12.4. The third-order valence-electron chi connectivity index (χ3n) is 2.10. The van der Waals surface area contributed by atoms with Crippen LogP contribution in [-0.4, -0.2) is 42.4 Å². The molecule has 0 fully saturated rings. The van der Waals surface area contributed by atoms with Crippen molar-refractivity contribution in [2.75, 3.05) is 12.4 Å². The second kappa shape index (κ2) is 6.09. The molecule has 10 heteroatoms. The highest BCUT2D eigenvalue weighted by Crippen LogP contribution is 2.23. The monoisotopic (exact) mass is 312 g/mol. The van der Waals surface area contributed by atoms with Crippen LogP contribution in [0, 0.1) is 0 Å². The molecule has 0 bridgehead atoms. The fraction of sp³-hybridized carbons (Fsp3) is 0.300. The average Bonchev–Trinajstić information content (AvgIpc) is 2.28. The summed E-state index contributed by atoms with van der Waals surface area (Å²) in [6, 6.07) is 4.24. The van der Waals surface area contributed by atoms with Crippen molar-refractivity contribution in [3.8, 4) is 5.75 Å². The number of rotatable bonds is 5. The van der Waals surface area contributed by atoms with Crippen molar-refractivity contribution in [1.29, 1.82) is 0 Å². The molecular formula is C10H9F3NO5S-. The number of oxime groups is 1. The third kappa shape index (κ3) is 5.05. The van der Waals surface area contributed by atoms with E-state index in [0.717, 1.165) is 24.3 Å². The summed E-state index contributed by atoms with van der Waals surface area (Å²) in [5.41, 5.74) is -1.85. The molecule has 112 valence electrons. The number of nitrogens with zero attached hydrogens (tertiary/aromatic N) is 1. The van der Waals surface area contributed by atoms with Crippen LogP contribution in [0.2, 0.25) is 0 Å². The molecule has 0 spiro atoms. The molecule has 6 nitrogen and oxygen atoms in total. The van der Waals surface area contributed by atoms with E-state index >= 15 is 0 Å². The second-order valence-corrected chi connectivity index (χ2v) is 5.10. The highest BCUT2D eigenvalue weighted by atomic mass is 32.2. The Balaban J connectivity index is 2.74. The lowest BCUT2D eigenvalue weighted by Crippen LogP contribution is -2.24. The number of hydrogen-bond donors (Lipinski definition) is 1. The first-order valence-electron chi connectivity index (χ1n) is 5.09. The zero-order valence-electron chi connectivity index (χ0n) is 9.79. The summed E-state index contributed by atoms with van der Waals surface area (Å²) in [6.45, 7) is -0.411. The molecule has 1 rings (SSSR count). The minimum atomic E-state index is -4.81. The molecule has 0 aliphatic heterocycles. The highest BCUT2D eigenvalue weighted by Gasteiger charge is 2.37. The van der Waals surface area contributed by atoms with E-state index in [9.17, 15) is 26.1 Å². The van der Waals surface area contributed by atoms with Crippen LogP contribution in [0.4, 0.5) is 13.2 Å². The van der Waals surface area contributed by atoms with Gasteiger partial charge >= 0.3 is 6.18 Å². The lowest BCUT2D eigenvalue weighted by atomic mass is 10.1. The maximum Gasteiger partial charge on any atom is 0.437 e. The second-order valence-electron chi connectivity index (χ2n) is 3.58. The van der Waals surface area contributed by atoms with Crippen LogP contribution in [0.5, 0.6) is 5.75 Å². The summed E-state index contributed by atoms with van der Waals surface area (Å²) < 4.78 is 73.1. The van der Waals surface area contributed by atoms with Crippen molar-refractivity contribution >= 4 is 15.8 Å². The van der Waals surface area contributed by atoms with Crippen LogP contribution in [0.15, 0.2) is 29.4 Å². The first-order chi connectivity index (χ1) is 9.13. The molecule has 0 heterocycles. The SMILES string of the molecule is O=S(=O)([O-])CCOc1ccc(C(=NO)C(F)(F)F)cc1. The van der Waals surface area contributed by atoms with Gasteiger partial charge in [-0.25, -0.2) is 8.42 Å². The molecule has 0 saturated carbocycles. The summed E-state index contributed by atoms with van der Waals surface area (Å²) in [4.78, 5) is 0. The first kappa shape index (κ1) is 16.2. The van der Waals surface area contributed by atoms with Gasteiger partial charge in [0, 0.05) is 5.56 Å². The van der Waals surface area contributed by atoms with Gasteiger partial charge in [-0.3, -0.25) is 0 Å². The zero-order valence-corrected chi connectivity index (χ0v) is 10.6. The Morgan fingerprint density at radius 3 is 2.25 bits per heavy atom. The van der Waals surface area contributed by atoms with Gasteiger partial charge in [-0.2, -0.15) is 13.2 Å². The van der Waals surface area contributed by atoms with Crippen molar-refractivity contribution in [3.63, 3.8) is 0 Å². The fourth-order valence-electron chi connectivity index (χ4n) is 1.25. The van der Waals surface area contributed by atoms with Crippen LogP contribution >= 0.6 is 0 Å². The summed E-state index contributed by atoms with van der Waals surface area (Å²) in [7, 11) is -4.42. The number of alkyl halides is 3. The Labute approximate surface area is 112 Å². The Hall–Kier alpha value is -1.81. The van der Waals surface area contributed by atoms with E-state index in [2.05, 4.69) is 5.16 Å². The highest BCUT2D eigenvalue weighted by molar-refractivity contribution is 7.85. The van der Waals surface area contributed by atoms with E-state index in [0.29, 0.717) is 0 Å². The van der Waals surface area contributed by atoms with Crippen molar-refractivity contribution in [2.45, 2.75) is 6.18 Å². The molecule has 1 N–H and O–H groups in total. The van der Waals surface area contributed by atoms with Gasteiger partial charge in [-0.1, -0.05) is 5.16 Å². The lowest BCUT2D eigenvalue weighted by Gasteiger charge is -2.11. The molecule has 0 saturated heterocycles. The van der Waals surface area contributed by atoms with E-state index < -0.39 is 34.4 Å². The summed E-state index contributed by atoms with van der Waals surface area (Å²) in [5, 5.41) is 10.5. The summed E-state index contributed by atoms with van der Waals surface area (Å²) in [5.74, 6) is -0.669. The van der Waals surface area contributed by atoms with Crippen LogP contribution in [0.25, 0.3) is 0 Å². The standard InChI is InChI=1S/C10H10F3NO5S/c11-10(12,13)9(14-15)7-1-3-8(4-2-7)19-5-6-20(16,17)18/h1-4,15H,5-6H2,(H,16,17,18)/p-1. The predicted octanol–water partition coefficient (Wildman–Crippen LogP) is 1.35. The van der Waals surface area contributed by atoms with Crippen LogP contribution in [-0.2, 0) is 10.1 Å². The van der Waals surface area contributed by atoms with Gasteiger partial charge in [0.1, 0.15) is 12.4 Å². The average molecular weight is 312 g/mol. The predicted molar refractivity (Wildman–Crippen MR) is 60.9 cm³/mol. The lowest BCUT2D eigenvalue weighted by molar-refractivity contribution is -0.0601. The number of benzene rings is 1. The summed E-state index contributed by atoms with van der Waals surface area (Å²) >= 11 is 0. The van der Waals surface area contributed by atoms with Gasteiger partial charge in [0.2, 0.25) is 0 Å². The Morgan fingerprint density at radius 1 is 1.30 bits per heavy atom. The van der Waals surface area contributed by atoms with Crippen LogP contribution < -0.4 is 4.74 Å². The maximum absolute atomic E-state index is 12.4. The minimum Gasteiger partial charge on any atom is -0.748 e. The third-order valence-corrected chi connectivity index (χ3v) is 2.76. The smallest absolute Gasteiger partial charge is 0.437 e. The number of ether oxygens (including phenoxy) is 1. The van der Waals surface area contributed by atoms with Crippen LogP contribution in [0.3, 0.4) is 0 Å². The Morgan fingerprint density at radius 2 is 1.85 bits per heavy atom. The zero-order chi connectivity index (χ0) is 15.4. The summed E-state index contributed by atoms with van der Waals surface area (Å²) in [6.07, 6.45) is -4.81. The van der Waals surface area contributed by atoms with Gasteiger partial charge in [-0.15, -0.1) is 0 Å². The van der Waals surface area contributed by atoms with E-state index in [1.807, 2.05) is 0 Å². The quantitative estimate of drug-likeness (QED) is 0.383. The molecule has 0 atom stereocenters. The van der Waals surface area contributed by atoms with Crippen LogP contribution in [0.1, 0.15) is 5.56 Å². The Kier molecular flexibility index (Phi) is 4.95. The van der Waals surface area contributed by atoms with Crippen molar-refractivity contribution in [2.24, 2.45) is 5.16 Å². The fourth-order valence-corrected chi connectivity index (χ4v) is 1.54. The molecule has 20 heavy (non-hydrogen) atoms. The molecule has 0 unspecified atom stereocenters. The van der Waals surface area contributed by atoms with Gasteiger partial charge in [0.15, 0.2) is 5.71 Å².